The largest absolute Gasteiger partial charge is 0.310 e. The molecule has 4 heteroatoms. The van der Waals surface area contributed by atoms with Crippen LogP contribution in [-0.4, -0.2) is 11.7 Å². The fourth-order valence-electron chi connectivity index (χ4n) is 16.3. The number of rotatable bonds is 9. The molecule has 0 radical (unpaired) electrons. The third kappa shape index (κ3) is 15.2. The SMILES string of the molecule is CC(C)(C)c1cc(-c2ccc3c(c2)N(c2c(-c4ccccc4)cc(C(C)(C)C)cc2-c2ccccc2)c2cc(-c4cc(C(C)(C)C)cc(C(C)(C)C)c4)cc4c2B3c2ccc(-c3cc(C(C)(C)C)cc(C(C)(C)C)c3)cc2N4c2c(-c3ccccc3)cc(C(C)(C)C)cc2-c2cccc(C(C)(C)C)n2)cc(C(C)(C)C)c1. The molecule has 14 rings (SSSR count). The molecule has 0 atom stereocenters. The van der Waals surface area contributed by atoms with Crippen molar-refractivity contribution in [1.29, 1.82) is 0 Å². The van der Waals surface area contributed by atoms with Crippen LogP contribution in [0.2, 0.25) is 0 Å². The van der Waals surface area contributed by atoms with E-state index in [9.17, 15) is 0 Å². The maximum Gasteiger partial charge on any atom is 0.252 e. The second kappa shape index (κ2) is 27.6. The highest BCUT2D eigenvalue weighted by molar-refractivity contribution is 7.00. The Balaban J connectivity index is 1.26. The normalized spacial score (nSPS) is 13.7. The molecule has 3 heterocycles. The molecule has 1 aromatic heterocycles. The summed E-state index contributed by atoms with van der Waals surface area (Å²) in [6, 6.07) is 93.5. The van der Waals surface area contributed by atoms with Gasteiger partial charge < -0.3 is 9.80 Å². The van der Waals surface area contributed by atoms with Gasteiger partial charge in [-0.1, -0.05) is 363 Å². The number of pyridine rings is 1. The lowest BCUT2D eigenvalue weighted by atomic mass is 9.33. The summed E-state index contributed by atoms with van der Waals surface area (Å²) in [5, 5.41) is 0. The highest BCUT2D eigenvalue weighted by Crippen LogP contribution is 2.56. The standard InChI is InChI=1S/C107H120BN3/c1-99(2,3)76-50-72(51-77(60-76)100(4,5)6)70-46-48-88-91(56-70)110(97-84(67-38-31-28-32-39-67)63-82(105(19,20)21)64-85(97)68-40-33-29-34-41-68)93-58-75(74-54-80(103(13,14)15)62-81(55-74)104(16,17)18)59-94-96(93)108(88)89-49-47-71(73-52-78(101(7,8)9)61-79(53-73)102(10,11)12)57-92(89)111(94)98-86(69-42-35-30-36-43-69)65-83(106(22,23)24)66-87(98)90-44-37-45-95(109-90)107(25,26)27/h28-66H,1-27H3. The number of hydrogen-bond acceptors (Lipinski definition) is 3. The number of fused-ring (bicyclic) bond motifs is 4. The minimum Gasteiger partial charge on any atom is -0.310 e. The molecule has 0 unspecified atom stereocenters. The summed E-state index contributed by atoms with van der Waals surface area (Å²) in [4.78, 5) is 11.4. The fourth-order valence-corrected chi connectivity index (χ4v) is 16.3. The van der Waals surface area contributed by atoms with Crippen LogP contribution in [0.15, 0.2) is 237 Å². The quantitative estimate of drug-likeness (QED) is 0.134. The first-order valence-corrected chi connectivity index (χ1v) is 40.8. The van der Waals surface area contributed by atoms with Gasteiger partial charge in [0.05, 0.1) is 17.1 Å². The predicted molar refractivity (Wildman–Crippen MR) is 485 cm³/mol. The maximum absolute atomic E-state index is 5.88. The first-order chi connectivity index (χ1) is 51.7. The lowest BCUT2D eigenvalue weighted by molar-refractivity contribution is 0.568. The van der Waals surface area contributed by atoms with Crippen molar-refractivity contribution in [2.45, 2.75) is 236 Å². The molecule has 111 heavy (non-hydrogen) atoms. The Morgan fingerprint density at radius 3 is 0.793 bits per heavy atom. The van der Waals surface area contributed by atoms with Crippen molar-refractivity contribution in [3.05, 3.63) is 287 Å². The van der Waals surface area contributed by atoms with Gasteiger partial charge in [0, 0.05) is 56.1 Å². The summed E-state index contributed by atoms with van der Waals surface area (Å²) in [5.74, 6) is 0. The van der Waals surface area contributed by atoms with Gasteiger partial charge in [-0.3, -0.25) is 4.98 Å². The summed E-state index contributed by atoms with van der Waals surface area (Å²) < 4.78 is 0. The number of benzene rings is 11. The van der Waals surface area contributed by atoms with Crippen LogP contribution in [0.25, 0.3) is 78.0 Å². The first-order valence-electron chi connectivity index (χ1n) is 40.8. The Morgan fingerprint density at radius 1 is 0.216 bits per heavy atom. The van der Waals surface area contributed by atoms with Crippen LogP contribution < -0.4 is 26.2 Å². The summed E-state index contributed by atoms with van der Waals surface area (Å²) in [7, 11) is 0. The zero-order valence-electron chi connectivity index (χ0n) is 71.9. The van der Waals surface area contributed by atoms with Crippen LogP contribution in [0.5, 0.6) is 0 Å². The first kappa shape index (κ1) is 77.9. The molecule has 0 aliphatic carbocycles. The second-order valence-electron chi connectivity index (χ2n) is 41.6. The van der Waals surface area contributed by atoms with Crippen molar-refractivity contribution in [2.24, 2.45) is 0 Å². The van der Waals surface area contributed by atoms with Crippen LogP contribution >= 0.6 is 0 Å². The monoisotopic (exact) mass is 1460 g/mol. The van der Waals surface area contributed by atoms with Crippen molar-refractivity contribution in [2.75, 3.05) is 9.80 Å². The van der Waals surface area contributed by atoms with Gasteiger partial charge in [-0.2, -0.15) is 0 Å². The number of nitrogens with zero attached hydrogens (tertiary/aromatic N) is 3. The Bertz CT molecular complexity index is 5410. The average Bonchev–Trinajstić information content (AvgIpc) is 0.685. The van der Waals surface area contributed by atoms with Crippen LogP contribution in [0.4, 0.5) is 34.1 Å². The highest BCUT2D eigenvalue weighted by Gasteiger charge is 2.47. The van der Waals surface area contributed by atoms with Crippen molar-refractivity contribution >= 4 is 57.2 Å². The van der Waals surface area contributed by atoms with Crippen molar-refractivity contribution in [1.82, 2.24) is 4.98 Å². The summed E-state index contributed by atoms with van der Waals surface area (Å²) in [6.07, 6.45) is 0. The molecule has 3 nitrogen and oxygen atoms in total. The molecule has 11 aromatic carbocycles. The highest BCUT2D eigenvalue weighted by atomic mass is 15.2. The minimum atomic E-state index is -0.262. The number of anilines is 6. The number of aromatic nitrogens is 1. The molecular weight excluding hydrogens is 1340 g/mol. The van der Waals surface area contributed by atoms with Crippen molar-refractivity contribution in [3.63, 3.8) is 0 Å². The van der Waals surface area contributed by atoms with Gasteiger partial charge in [0.2, 0.25) is 0 Å². The molecule has 566 valence electrons. The molecule has 0 spiro atoms. The summed E-state index contributed by atoms with van der Waals surface area (Å²) in [5.41, 5.74) is 36.6. The van der Waals surface area contributed by atoms with Crippen LogP contribution in [-0.2, 0) is 48.7 Å². The van der Waals surface area contributed by atoms with Gasteiger partial charge in [-0.25, -0.2) is 0 Å². The van der Waals surface area contributed by atoms with Gasteiger partial charge >= 0.3 is 0 Å². The van der Waals surface area contributed by atoms with Crippen LogP contribution in [0.3, 0.4) is 0 Å². The van der Waals surface area contributed by atoms with Crippen molar-refractivity contribution in [3.8, 4) is 78.0 Å². The molecule has 0 saturated carbocycles. The molecule has 0 saturated heterocycles. The van der Waals surface area contributed by atoms with E-state index < -0.39 is 0 Å². The smallest absolute Gasteiger partial charge is 0.252 e. The topological polar surface area (TPSA) is 19.4 Å². The summed E-state index contributed by atoms with van der Waals surface area (Å²) >= 11 is 0. The molecule has 2 aliphatic rings. The molecule has 0 bridgehead atoms. The average molecular weight is 1460 g/mol. The molecular formula is C107H120BN3. The lowest BCUT2D eigenvalue weighted by Crippen LogP contribution is -2.61. The molecule has 2 aliphatic heterocycles. The van der Waals surface area contributed by atoms with E-state index in [4.69, 9.17) is 4.98 Å². The molecule has 0 N–H and O–H groups in total. The van der Waals surface area contributed by atoms with Crippen LogP contribution in [0, 0.1) is 0 Å². The molecule has 12 aromatic rings. The van der Waals surface area contributed by atoms with Crippen molar-refractivity contribution < 1.29 is 0 Å². The minimum absolute atomic E-state index is 0.110. The van der Waals surface area contributed by atoms with Gasteiger partial charge in [-0.15, -0.1) is 0 Å². The molecule has 0 fully saturated rings. The van der Waals surface area contributed by atoms with E-state index in [1.807, 2.05) is 0 Å². The zero-order chi connectivity index (χ0) is 80.0. The van der Waals surface area contributed by atoms with E-state index in [2.05, 4.69) is 433 Å². The fraction of sp³-hybridized carbons (Fsp3) is 0.336. The Morgan fingerprint density at radius 2 is 0.486 bits per heavy atom. The lowest BCUT2D eigenvalue weighted by Gasteiger charge is -2.46. The van der Waals surface area contributed by atoms with Gasteiger partial charge in [-0.05, 0) is 215 Å². The summed E-state index contributed by atoms with van der Waals surface area (Å²) in [6.45, 7) is 63.5. The van der Waals surface area contributed by atoms with E-state index >= 15 is 0 Å². The van der Waals surface area contributed by atoms with E-state index in [-0.39, 0.29) is 55.4 Å². The third-order valence-electron chi connectivity index (χ3n) is 23.5. The second-order valence-corrected chi connectivity index (χ2v) is 41.6. The third-order valence-corrected chi connectivity index (χ3v) is 23.5. The van der Waals surface area contributed by atoms with Gasteiger partial charge in [0.1, 0.15) is 0 Å². The van der Waals surface area contributed by atoms with E-state index in [0.717, 1.165) is 78.9 Å². The van der Waals surface area contributed by atoms with E-state index in [1.165, 1.54) is 99.8 Å². The predicted octanol–water partition coefficient (Wildman–Crippen LogP) is 28.5. The van der Waals surface area contributed by atoms with Crippen LogP contribution in [0.1, 0.15) is 237 Å². The number of hydrogen-bond donors (Lipinski definition) is 0. The Hall–Kier alpha value is -9.77. The van der Waals surface area contributed by atoms with E-state index in [1.54, 1.807) is 0 Å². The Labute approximate surface area is 668 Å². The Kier molecular flexibility index (Phi) is 19.4. The maximum atomic E-state index is 5.88. The van der Waals surface area contributed by atoms with Gasteiger partial charge in [0.15, 0.2) is 0 Å². The zero-order valence-corrected chi connectivity index (χ0v) is 71.9. The molecule has 0 amide bonds. The van der Waals surface area contributed by atoms with E-state index in [0.29, 0.717) is 0 Å². The van der Waals surface area contributed by atoms with Gasteiger partial charge in [0.25, 0.3) is 6.71 Å².